The SMILES string of the molecule is Cn1cnc(C2CC3CC(Nc4nccs4)CC3C2)c1C(=O)Nc1ccc(F)c(Cl)c1. The average molecular weight is 460 g/mol. The summed E-state index contributed by atoms with van der Waals surface area (Å²) in [5.41, 5.74) is 1.87. The number of aryl methyl sites for hydroxylation is 1. The maximum absolute atomic E-state index is 13.4. The number of carbonyl (C=O) groups excluding carboxylic acids is 1. The smallest absolute Gasteiger partial charge is 0.274 e. The second-order valence-electron chi connectivity index (χ2n) is 8.51. The van der Waals surface area contributed by atoms with Crippen LogP contribution < -0.4 is 10.6 Å². The summed E-state index contributed by atoms with van der Waals surface area (Å²) in [4.78, 5) is 21.9. The normalized spacial score (nSPS) is 24.9. The maximum Gasteiger partial charge on any atom is 0.274 e. The quantitative estimate of drug-likeness (QED) is 0.542. The Kier molecular flexibility index (Phi) is 5.44. The van der Waals surface area contributed by atoms with E-state index < -0.39 is 5.82 Å². The number of hydrogen-bond acceptors (Lipinski definition) is 5. The van der Waals surface area contributed by atoms with E-state index in [1.54, 1.807) is 22.2 Å². The van der Waals surface area contributed by atoms with E-state index in [1.165, 1.54) is 18.2 Å². The van der Waals surface area contributed by atoms with Crippen LogP contribution in [0.25, 0.3) is 0 Å². The van der Waals surface area contributed by atoms with Gasteiger partial charge in [-0.05, 0) is 55.7 Å². The minimum Gasteiger partial charge on any atom is -0.359 e. The summed E-state index contributed by atoms with van der Waals surface area (Å²) < 4.78 is 15.2. The van der Waals surface area contributed by atoms with E-state index in [9.17, 15) is 9.18 Å². The number of hydrogen-bond donors (Lipinski definition) is 2. The van der Waals surface area contributed by atoms with Gasteiger partial charge in [-0.25, -0.2) is 14.4 Å². The van der Waals surface area contributed by atoms with Gasteiger partial charge in [-0.2, -0.15) is 0 Å². The predicted molar refractivity (Wildman–Crippen MR) is 120 cm³/mol. The second kappa shape index (κ2) is 8.24. The molecule has 0 saturated heterocycles. The van der Waals surface area contributed by atoms with Gasteiger partial charge in [0.15, 0.2) is 5.13 Å². The molecule has 2 aliphatic carbocycles. The fourth-order valence-corrected chi connectivity index (χ4v) is 6.00. The number of nitrogens with zero attached hydrogens (tertiary/aromatic N) is 3. The van der Waals surface area contributed by atoms with Gasteiger partial charge in [-0.15, -0.1) is 11.3 Å². The molecule has 2 aliphatic rings. The zero-order chi connectivity index (χ0) is 21.5. The van der Waals surface area contributed by atoms with Crippen molar-refractivity contribution in [1.29, 1.82) is 0 Å². The van der Waals surface area contributed by atoms with E-state index in [0.29, 0.717) is 29.3 Å². The number of carbonyl (C=O) groups is 1. The van der Waals surface area contributed by atoms with E-state index in [2.05, 4.69) is 20.6 Å². The van der Waals surface area contributed by atoms with Gasteiger partial charge in [0.2, 0.25) is 0 Å². The molecule has 2 unspecified atom stereocenters. The van der Waals surface area contributed by atoms with Gasteiger partial charge < -0.3 is 15.2 Å². The molecular weight excluding hydrogens is 437 g/mol. The zero-order valence-corrected chi connectivity index (χ0v) is 18.6. The molecule has 9 heteroatoms. The van der Waals surface area contributed by atoms with Crippen molar-refractivity contribution in [2.75, 3.05) is 10.6 Å². The van der Waals surface area contributed by atoms with Crippen LogP contribution in [0.4, 0.5) is 15.2 Å². The standard InChI is InChI=1S/C22H23ClFN5OS/c1-29-11-26-19(20(29)21(30)27-15-2-3-18(24)17(23)10-15)14-6-12-8-16(9-13(12)7-14)28-22-25-4-5-31-22/h2-5,10-14,16H,6-9H2,1H3,(H,25,28)(H,27,30). The van der Waals surface area contributed by atoms with E-state index >= 15 is 0 Å². The Morgan fingerprint density at radius 1 is 1.23 bits per heavy atom. The van der Waals surface area contributed by atoms with Crippen molar-refractivity contribution in [1.82, 2.24) is 14.5 Å². The first-order valence-electron chi connectivity index (χ1n) is 10.4. The largest absolute Gasteiger partial charge is 0.359 e. The highest BCUT2D eigenvalue weighted by molar-refractivity contribution is 7.13. The molecule has 31 heavy (non-hydrogen) atoms. The van der Waals surface area contributed by atoms with Crippen molar-refractivity contribution in [3.05, 3.63) is 58.3 Å². The molecule has 2 atom stereocenters. The van der Waals surface area contributed by atoms with E-state index in [1.807, 2.05) is 18.6 Å². The van der Waals surface area contributed by atoms with E-state index in [4.69, 9.17) is 11.6 Å². The van der Waals surface area contributed by atoms with Crippen LogP contribution in [-0.2, 0) is 7.05 Å². The number of imidazole rings is 1. The first-order valence-corrected chi connectivity index (χ1v) is 11.7. The zero-order valence-electron chi connectivity index (χ0n) is 17.0. The Morgan fingerprint density at radius 3 is 2.68 bits per heavy atom. The number of amides is 1. The molecule has 6 nitrogen and oxygen atoms in total. The molecule has 2 heterocycles. The van der Waals surface area contributed by atoms with Gasteiger partial charge in [0, 0.05) is 36.3 Å². The Labute approximate surface area is 188 Å². The minimum atomic E-state index is -0.513. The molecule has 5 rings (SSSR count). The minimum absolute atomic E-state index is 0.0208. The van der Waals surface area contributed by atoms with Crippen LogP contribution in [0.2, 0.25) is 5.02 Å². The first-order chi connectivity index (χ1) is 15.0. The number of thiazole rings is 1. The van der Waals surface area contributed by atoms with Crippen LogP contribution in [-0.4, -0.2) is 26.5 Å². The van der Waals surface area contributed by atoms with Gasteiger partial charge in [-0.1, -0.05) is 11.6 Å². The topological polar surface area (TPSA) is 71.8 Å². The number of nitrogens with one attached hydrogen (secondary N) is 2. The third-order valence-corrected chi connectivity index (χ3v) is 7.51. The first kappa shape index (κ1) is 20.5. The number of fused-ring (bicyclic) bond motifs is 1. The molecule has 0 aliphatic heterocycles. The van der Waals surface area contributed by atoms with Crippen LogP contribution in [0.3, 0.4) is 0 Å². The molecule has 2 fully saturated rings. The molecule has 1 amide bonds. The summed E-state index contributed by atoms with van der Waals surface area (Å²) >= 11 is 7.48. The van der Waals surface area contributed by atoms with E-state index in [-0.39, 0.29) is 16.8 Å². The summed E-state index contributed by atoms with van der Waals surface area (Å²) in [6.07, 6.45) is 7.86. The molecule has 0 spiro atoms. The Balaban J connectivity index is 1.27. The lowest BCUT2D eigenvalue weighted by Gasteiger charge is -2.16. The number of anilines is 2. The van der Waals surface area contributed by atoms with Crippen LogP contribution in [0, 0.1) is 17.7 Å². The van der Waals surface area contributed by atoms with Crippen LogP contribution >= 0.6 is 22.9 Å². The van der Waals surface area contributed by atoms with Crippen LogP contribution in [0.1, 0.15) is 47.8 Å². The number of aromatic nitrogens is 3. The summed E-state index contributed by atoms with van der Waals surface area (Å²) in [6.45, 7) is 0. The Morgan fingerprint density at radius 2 is 2.00 bits per heavy atom. The highest BCUT2D eigenvalue weighted by Crippen LogP contribution is 2.51. The van der Waals surface area contributed by atoms with Crippen LogP contribution in [0.15, 0.2) is 36.1 Å². The van der Waals surface area contributed by atoms with Crippen molar-refractivity contribution in [3.8, 4) is 0 Å². The van der Waals surface area contributed by atoms with Gasteiger partial charge in [0.1, 0.15) is 11.5 Å². The lowest BCUT2D eigenvalue weighted by Crippen LogP contribution is -2.19. The number of benzene rings is 1. The molecule has 2 aromatic heterocycles. The highest BCUT2D eigenvalue weighted by atomic mass is 35.5. The number of halogens is 2. The Hall–Kier alpha value is -2.45. The summed E-state index contributed by atoms with van der Waals surface area (Å²) in [7, 11) is 1.83. The lowest BCUT2D eigenvalue weighted by molar-refractivity contribution is 0.101. The third kappa shape index (κ3) is 4.06. The van der Waals surface area contributed by atoms with Crippen molar-refractivity contribution in [2.24, 2.45) is 18.9 Å². The van der Waals surface area contributed by atoms with Gasteiger partial charge in [0.25, 0.3) is 5.91 Å². The highest BCUT2D eigenvalue weighted by Gasteiger charge is 2.44. The van der Waals surface area contributed by atoms with E-state index in [0.717, 1.165) is 36.5 Å². The molecule has 2 N–H and O–H groups in total. The molecule has 3 aromatic rings. The van der Waals surface area contributed by atoms with Crippen molar-refractivity contribution in [2.45, 2.75) is 37.6 Å². The summed E-state index contributed by atoms with van der Waals surface area (Å²) in [5.74, 6) is 0.779. The number of rotatable bonds is 5. The van der Waals surface area contributed by atoms with Crippen molar-refractivity contribution in [3.63, 3.8) is 0 Å². The fourth-order valence-electron chi connectivity index (χ4n) is 5.21. The second-order valence-corrected chi connectivity index (χ2v) is 9.81. The fraction of sp³-hybridized carbons (Fsp3) is 0.409. The third-order valence-electron chi connectivity index (χ3n) is 6.52. The van der Waals surface area contributed by atoms with Gasteiger partial charge in [0.05, 0.1) is 17.0 Å². The molecule has 0 radical (unpaired) electrons. The van der Waals surface area contributed by atoms with Crippen molar-refractivity contribution < 1.29 is 9.18 Å². The molecular formula is C22H23ClFN5OS. The lowest BCUT2D eigenvalue weighted by atomic mass is 9.97. The summed E-state index contributed by atoms with van der Waals surface area (Å²) in [5, 5.41) is 9.35. The van der Waals surface area contributed by atoms with Gasteiger partial charge in [-0.3, -0.25) is 4.79 Å². The maximum atomic E-state index is 13.4. The molecule has 2 saturated carbocycles. The average Bonchev–Trinajstić information content (AvgIpc) is 3.49. The molecule has 162 valence electrons. The monoisotopic (exact) mass is 459 g/mol. The Bertz CT molecular complexity index is 1090. The predicted octanol–water partition coefficient (Wildman–Crippen LogP) is 5.31. The van der Waals surface area contributed by atoms with Gasteiger partial charge >= 0.3 is 0 Å². The molecule has 0 bridgehead atoms. The summed E-state index contributed by atoms with van der Waals surface area (Å²) in [6, 6.07) is 4.64. The van der Waals surface area contributed by atoms with Crippen LogP contribution in [0.5, 0.6) is 0 Å². The molecule has 1 aromatic carbocycles. The van der Waals surface area contributed by atoms with Crippen molar-refractivity contribution >= 4 is 39.7 Å².